The number of carboxylic acid groups (broad SMARTS) is 1. The van der Waals surface area contributed by atoms with Crippen LogP contribution in [-0.2, 0) is 19.6 Å². The Kier molecular flexibility index (Phi) is 5.23. The minimum Gasteiger partial charge on any atom is -0.480 e. The summed E-state index contributed by atoms with van der Waals surface area (Å²) in [6.45, 7) is 3.73. The Bertz CT molecular complexity index is 368. The van der Waals surface area contributed by atoms with E-state index in [0.717, 1.165) is 4.31 Å². The number of hydrogen-bond donors (Lipinski definition) is 1. The van der Waals surface area contributed by atoms with Crippen LogP contribution in [0, 0.1) is 0 Å². The number of carboxylic acids is 1. The monoisotopic (exact) mass is 283 g/mol. The van der Waals surface area contributed by atoms with E-state index in [1.807, 2.05) is 13.8 Å². The largest absolute Gasteiger partial charge is 0.480 e. The van der Waals surface area contributed by atoms with Crippen LogP contribution in [0.2, 0.25) is 0 Å². The lowest BCUT2D eigenvalue weighted by molar-refractivity contribution is -0.140. The summed E-state index contributed by atoms with van der Waals surface area (Å²) in [5.74, 6) is -0.751. The molecular weight excluding hydrogens is 266 g/mol. The molecule has 0 aromatic heterocycles. The molecule has 0 spiro atoms. The topological polar surface area (TPSA) is 83.9 Å². The lowest BCUT2D eigenvalue weighted by Gasteiger charge is -2.20. The van der Waals surface area contributed by atoms with E-state index in [9.17, 15) is 13.2 Å². The lowest BCUT2D eigenvalue weighted by atomic mass is 10.4. The zero-order valence-electron chi connectivity index (χ0n) is 9.83. The van der Waals surface area contributed by atoms with Crippen molar-refractivity contribution in [3.05, 3.63) is 0 Å². The highest BCUT2D eigenvalue weighted by Gasteiger charge is 2.38. The molecule has 6 nitrogen and oxygen atoms in total. The molecule has 0 aromatic carbocycles. The molecule has 1 N–H and O–H groups in total. The van der Waals surface area contributed by atoms with Gasteiger partial charge in [-0.3, -0.25) is 4.79 Å². The molecule has 1 aliphatic rings. The lowest BCUT2D eigenvalue weighted by Crippen LogP contribution is -2.43. The Balaban J connectivity index is 2.60. The number of aliphatic carboxylic acids is 1. The first-order valence-corrected chi connectivity index (χ1v) is 8.02. The fourth-order valence-electron chi connectivity index (χ4n) is 1.40. The van der Waals surface area contributed by atoms with Crippen molar-refractivity contribution in [2.24, 2.45) is 0 Å². The normalized spacial score (nSPS) is 22.2. The quantitative estimate of drug-likeness (QED) is 0.749. The zero-order valence-corrected chi connectivity index (χ0v) is 11.5. The molecule has 0 aromatic rings. The average molecular weight is 283 g/mol. The van der Waals surface area contributed by atoms with Crippen molar-refractivity contribution in [2.45, 2.75) is 26.0 Å². The van der Waals surface area contributed by atoms with Crippen molar-refractivity contribution >= 4 is 27.8 Å². The summed E-state index contributed by atoms with van der Waals surface area (Å²) >= 11 is 1.31. The Morgan fingerprint density at radius 3 is 2.76 bits per heavy atom. The van der Waals surface area contributed by atoms with Gasteiger partial charge >= 0.3 is 5.97 Å². The first-order chi connectivity index (χ1) is 7.84. The van der Waals surface area contributed by atoms with Crippen LogP contribution in [0.3, 0.4) is 0 Å². The van der Waals surface area contributed by atoms with Crippen molar-refractivity contribution in [1.29, 1.82) is 0 Å². The summed E-state index contributed by atoms with van der Waals surface area (Å²) in [5, 5.41) is 8.91. The maximum Gasteiger partial charge on any atom is 0.322 e. The average Bonchev–Trinajstić information content (AvgIpc) is 2.65. The van der Waals surface area contributed by atoms with Gasteiger partial charge in [0.05, 0.1) is 24.3 Å². The van der Waals surface area contributed by atoms with Crippen LogP contribution in [0.5, 0.6) is 0 Å². The molecule has 1 unspecified atom stereocenters. The molecule has 1 rings (SSSR count). The smallest absolute Gasteiger partial charge is 0.322 e. The van der Waals surface area contributed by atoms with Crippen LogP contribution in [-0.4, -0.2) is 59.9 Å². The molecule has 1 atom stereocenters. The molecule has 0 bridgehead atoms. The molecule has 1 saturated heterocycles. The molecule has 0 radical (unpaired) electrons. The third-order valence-electron chi connectivity index (χ3n) is 2.28. The standard InChI is InChI=1S/C9H17NO5S2/c1-7(2)15-3-4-17(13,14)10-6-16-5-8(10)9(11)12/h7-8H,3-6H2,1-2H3,(H,11,12). The van der Waals surface area contributed by atoms with Gasteiger partial charge in [0, 0.05) is 5.75 Å². The second-order valence-corrected chi connectivity index (χ2v) is 7.02. The Morgan fingerprint density at radius 2 is 2.24 bits per heavy atom. The van der Waals surface area contributed by atoms with Crippen molar-refractivity contribution < 1.29 is 23.1 Å². The summed E-state index contributed by atoms with van der Waals surface area (Å²) < 4.78 is 30.0. The van der Waals surface area contributed by atoms with Crippen molar-refractivity contribution in [3.63, 3.8) is 0 Å². The molecule has 1 fully saturated rings. The van der Waals surface area contributed by atoms with Gasteiger partial charge in [-0.25, -0.2) is 8.42 Å². The van der Waals surface area contributed by atoms with Gasteiger partial charge in [-0.1, -0.05) is 0 Å². The molecule has 1 heterocycles. The van der Waals surface area contributed by atoms with Crippen LogP contribution in [0.25, 0.3) is 0 Å². The zero-order chi connectivity index (χ0) is 13.1. The maximum absolute atomic E-state index is 11.9. The van der Waals surface area contributed by atoms with Crippen LogP contribution < -0.4 is 0 Å². The Labute approximate surface area is 105 Å². The number of rotatable bonds is 6. The molecule has 1 aliphatic heterocycles. The number of thioether (sulfide) groups is 1. The maximum atomic E-state index is 11.9. The van der Waals surface area contributed by atoms with Gasteiger partial charge in [0.25, 0.3) is 0 Å². The van der Waals surface area contributed by atoms with Crippen LogP contribution >= 0.6 is 11.8 Å². The Morgan fingerprint density at radius 1 is 1.59 bits per heavy atom. The predicted octanol–water partition coefficient (Wildman–Crippen LogP) is 0.201. The summed E-state index contributed by atoms with van der Waals surface area (Å²) in [4.78, 5) is 10.9. The molecule has 0 amide bonds. The van der Waals surface area contributed by atoms with E-state index in [2.05, 4.69) is 0 Å². The molecule has 8 heteroatoms. The summed E-state index contributed by atoms with van der Waals surface area (Å²) in [5.41, 5.74) is 0. The molecular formula is C9H17NO5S2. The van der Waals surface area contributed by atoms with Crippen LogP contribution in [0.15, 0.2) is 0 Å². The van der Waals surface area contributed by atoms with Crippen LogP contribution in [0.4, 0.5) is 0 Å². The molecule has 17 heavy (non-hydrogen) atoms. The van der Waals surface area contributed by atoms with Crippen molar-refractivity contribution in [1.82, 2.24) is 4.31 Å². The highest BCUT2D eigenvalue weighted by molar-refractivity contribution is 8.00. The van der Waals surface area contributed by atoms with Gasteiger partial charge in [-0.05, 0) is 13.8 Å². The first kappa shape index (κ1) is 14.7. The van der Waals surface area contributed by atoms with Gasteiger partial charge in [0.2, 0.25) is 10.0 Å². The highest BCUT2D eigenvalue weighted by Crippen LogP contribution is 2.24. The van der Waals surface area contributed by atoms with Crippen LogP contribution in [0.1, 0.15) is 13.8 Å². The van der Waals surface area contributed by atoms with E-state index in [1.54, 1.807) is 0 Å². The number of sulfonamides is 1. The van der Waals surface area contributed by atoms with Crippen molar-refractivity contribution in [3.8, 4) is 0 Å². The van der Waals surface area contributed by atoms with Gasteiger partial charge in [0.1, 0.15) is 6.04 Å². The van der Waals surface area contributed by atoms with Gasteiger partial charge in [0.15, 0.2) is 0 Å². The minimum atomic E-state index is -3.54. The van der Waals surface area contributed by atoms with E-state index in [-0.39, 0.29) is 24.3 Å². The SMILES string of the molecule is CC(C)OCCS(=O)(=O)N1CSCC1C(=O)O. The Hall–Kier alpha value is -0.310. The summed E-state index contributed by atoms with van der Waals surface area (Å²) in [7, 11) is -3.54. The first-order valence-electron chi connectivity index (χ1n) is 5.26. The number of hydrogen-bond acceptors (Lipinski definition) is 5. The number of ether oxygens (including phenoxy) is 1. The summed E-state index contributed by atoms with van der Waals surface area (Å²) in [6, 6.07) is -0.941. The van der Waals surface area contributed by atoms with Gasteiger partial charge in [-0.15, -0.1) is 11.8 Å². The van der Waals surface area contributed by atoms with E-state index in [4.69, 9.17) is 9.84 Å². The third kappa shape index (κ3) is 4.13. The molecule has 0 saturated carbocycles. The molecule has 0 aliphatic carbocycles. The second-order valence-electron chi connectivity index (χ2n) is 3.98. The predicted molar refractivity (Wildman–Crippen MR) is 65.5 cm³/mol. The molecule has 100 valence electrons. The van der Waals surface area contributed by atoms with E-state index in [0.29, 0.717) is 5.75 Å². The number of carbonyl (C=O) groups is 1. The van der Waals surface area contributed by atoms with Gasteiger partial charge < -0.3 is 9.84 Å². The number of nitrogens with zero attached hydrogens (tertiary/aromatic N) is 1. The van der Waals surface area contributed by atoms with Crippen molar-refractivity contribution in [2.75, 3.05) is 24.0 Å². The second kappa shape index (κ2) is 6.03. The minimum absolute atomic E-state index is 0.0339. The fourth-order valence-corrected chi connectivity index (χ4v) is 4.47. The van der Waals surface area contributed by atoms with E-state index in [1.165, 1.54) is 11.8 Å². The summed E-state index contributed by atoms with van der Waals surface area (Å²) in [6.07, 6.45) is -0.0339. The third-order valence-corrected chi connectivity index (χ3v) is 5.23. The highest BCUT2D eigenvalue weighted by atomic mass is 32.2. The van der Waals surface area contributed by atoms with Gasteiger partial charge in [-0.2, -0.15) is 4.31 Å². The fraction of sp³-hybridized carbons (Fsp3) is 0.889. The van der Waals surface area contributed by atoms with E-state index >= 15 is 0 Å². The van der Waals surface area contributed by atoms with E-state index < -0.39 is 22.0 Å².